The molecule has 3 heterocycles. The zero-order valence-electron chi connectivity index (χ0n) is 16.9. The molecule has 9 nitrogen and oxygen atoms in total. The van der Waals surface area contributed by atoms with Gasteiger partial charge >= 0.3 is 11.9 Å². The summed E-state index contributed by atoms with van der Waals surface area (Å²) in [6.07, 6.45) is -3.85. The molecule has 0 amide bonds. The Labute approximate surface area is 168 Å². The smallest absolute Gasteiger partial charge is 0.343 e. The lowest BCUT2D eigenvalue weighted by Crippen LogP contribution is -2.58. The first-order chi connectivity index (χ1) is 13.6. The number of carbonyl (C=O) groups is 2. The summed E-state index contributed by atoms with van der Waals surface area (Å²) in [6, 6.07) is 6.29. The van der Waals surface area contributed by atoms with Gasteiger partial charge < -0.3 is 33.2 Å². The minimum absolute atomic E-state index is 0.0636. The highest BCUT2D eigenvalue weighted by Crippen LogP contribution is 2.44. The highest BCUT2D eigenvalue weighted by molar-refractivity contribution is 5.93. The van der Waals surface area contributed by atoms with Crippen LogP contribution in [0.2, 0.25) is 0 Å². The quantitative estimate of drug-likeness (QED) is 0.547. The highest BCUT2D eigenvalue weighted by atomic mass is 16.9. The van der Waals surface area contributed by atoms with Crippen LogP contribution in [0.25, 0.3) is 0 Å². The summed E-state index contributed by atoms with van der Waals surface area (Å²) in [5.41, 5.74) is 0.124. The molecule has 1 aromatic rings. The van der Waals surface area contributed by atoms with Crippen molar-refractivity contribution < 1.29 is 42.7 Å². The Balaban J connectivity index is 1.59. The van der Waals surface area contributed by atoms with Gasteiger partial charge in [0.2, 0.25) is 0 Å². The molecule has 0 unspecified atom stereocenters. The highest BCUT2D eigenvalue weighted by Gasteiger charge is 2.62. The number of ether oxygens (including phenoxy) is 7. The molecule has 4 rings (SSSR count). The molecular formula is C20H24O9. The Hall–Kier alpha value is -2.04. The molecule has 0 aromatic heterocycles. The van der Waals surface area contributed by atoms with E-state index in [-0.39, 0.29) is 11.3 Å². The first-order valence-corrected chi connectivity index (χ1v) is 9.36. The lowest BCUT2D eigenvalue weighted by atomic mass is 9.99. The van der Waals surface area contributed by atoms with Gasteiger partial charge in [0, 0.05) is 0 Å². The Morgan fingerprint density at radius 2 is 1.52 bits per heavy atom. The van der Waals surface area contributed by atoms with E-state index in [4.69, 9.17) is 33.2 Å². The van der Waals surface area contributed by atoms with Crippen molar-refractivity contribution in [3.05, 3.63) is 29.8 Å². The maximum atomic E-state index is 13.0. The van der Waals surface area contributed by atoms with Gasteiger partial charge in [0.15, 0.2) is 24.0 Å². The normalized spacial score (nSPS) is 34.2. The number of para-hydroxylation sites is 1. The third-order valence-corrected chi connectivity index (χ3v) is 4.89. The average Bonchev–Trinajstić information content (AvgIpc) is 3.14. The van der Waals surface area contributed by atoms with Crippen LogP contribution >= 0.6 is 0 Å². The van der Waals surface area contributed by atoms with Crippen LogP contribution in [0.5, 0.6) is 5.75 Å². The van der Waals surface area contributed by atoms with Crippen molar-refractivity contribution in [1.29, 1.82) is 0 Å². The van der Waals surface area contributed by atoms with Crippen LogP contribution in [-0.2, 0) is 33.2 Å². The molecular weight excluding hydrogens is 384 g/mol. The molecule has 3 aliphatic heterocycles. The number of fused-ring (bicyclic) bond motifs is 3. The summed E-state index contributed by atoms with van der Waals surface area (Å²) in [6.45, 7) is 7.00. The molecule has 5 atom stereocenters. The van der Waals surface area contributed by atoms with E-state index in [1.54, 1.807) is 39.8 Å². The van der Waals surface area contributed by atoms with E-state index in [1.165, 1.54) is 19.2 Å². The molecule has 0 aliphatic carbocycles. The van der Waals surface area contributed by atoms with Gasteiger partial charge in [-0.05, 0) is 39.8 Å². The number of hydrogen-bond acceptors (Lipinski definition) is 9. The topological polar surface area (TPSA) is 98.8 Å². The zero-order valence-corrected chi connectivity index (χ0v) is 16.9. The summed E-state index contributed by atoms with van der Waals surface area (Å²) in [5.74, 6) is -3.12. The largest absolute Gasteiger partial charge is 0.465 e. The molecule has 29 heavy (non-hydrogen) atoms. The van der Waals surface area contributed by atoms with Crippen LogP contribution in [0.1, 0.15) is 38.1 Å². The van der Waals surface area contributed by atoms with Gasteiger partial charge in [-0.25, -0.2) is 9.59 Å². The lowest BCUT2D eigenvalue weighted by molar-refractivity contribution is -0.236. The van der Waals surface area contributed by atoms with Crippen molar-refractivity contribution in [3.8, 4) is 5.75 Å². The van der Waals surface area contributed by atoms with Gasteiger partial charge in [0.05, 0.1) is 7.11 Å². The molecule has 3 saturated heterocycles. The molecule has 0 bridgehead atoms. The predicted octanol–water partition coefficient (Wildman–Crippen LogP) is 1.78. The number of esters is 2. The summed E-state index contributed by atoms with van der Waals surface area (Å²) in [5, 5.41) is 0. The molecule has 0 saturated carbocycles. The standard InChI is InChI=1S/C20H24O9/c1-19(2)26-12-13(27-19)15-18(29-20(3,4)28-15)25-14(12)17(22)24-11-9-7-6-8-10(11)16(21)23-5/h6-9,12-15,18H,1-5H3/t12-,13-,14-,15-,18+/m1/s1. The van der Waals surface area contributed by atoms with Crippen LogP contribution in [0.3, 0.4) is 0 Å². The number of rotatable bonds is 3. The van der Waals surface area contributed by atoms with Crippen molar-refractivity contribution in [2.45, 2.75) is 70.0 Å². The summed E-state index contributed by atoms with van der Waals surface area (Å²) >= 11 is 0. The Morgan fingerprint density at radius 3 is 2.24 bits per heavy atom. The first kappa shape index (κ1) is 20.2. The van der Waals surface area contributed by atoms with Gasteiger partial charge in [0.1, 0.15) is 29.6 Å². The molecule has 3 aliphatic rings. The van der Waals surface area contributed by atoms with Gasteiger partial charge in [-0.3, -0.25) is 0 Å². The fourth-order valence-electron chi connectivity index (χ4n) is 3.80. The van der Waals surface area contributed by atoms with Gasteiger partial charge in [-0.15, -0.1) is 0 Å². The second kappa shape index (κ2) is 7.03. The van der Waals surface area contributed by atoms with Crippen molar-refractivity contribution >= 4 is 11.9 Å². The maximum absolute atomic E-state index is 13.0. The first-order valence-electron chi connectivity index (χ1n) is 9.36. The second-order valence-corrected chi connectivity index (χ2v) is 8.00. The van der Waals surface area contributed by atoms with Crippen molar-refractivity contribution in [2.75, 3.05) is 7.11 Å². The van der Waals surface area contributed by atoms with E-state index < -0.39 is 54.2 Å². The van der Waals surface area contributed by atoms with Crippen molar-refractivity contribution in [2.24, 2.45) is 0 Å². The van der Waals surface area contributed by atoms with E-state index in [0.29, 0.717) is 0 Å². The van der Waals surface area contributed by atoms with E-state index in [2.05, 4.69) is 0 Å². The molecule has 0 spiro atoms. The lowest BCUT2D eigenvalue weighted by Gasteiger charge is -2.35. The molecule has 1 aromatic carbocycles. The molecule has 0 radical (unpaired) electrons. The zero-order chi connectivity index (χ0) is 21.0. The monoisotopic (exact) mass is 408 g/mol. The van der Waals surface area contributed by atoms with Crippen LogP contribution in [-0.4, -0.2) is 61.3 Å². The Kier molecular flexibility index (Phi) is 4.91. The number of hydrogen-bond donors (Lipinski definition) is 0. The van der Waals surface area contributed by atoms with E-state index in [0.717, 1.165) is 0 Å². The number of benzene rings is 1. The minimum atomic E-state index is -1.13. The van der Waals surface area contributed by atoms with Crippen molar-refractivity contribution in [1.82, 2.24) is 0 Å². The van der Waals surface area contributed by atoms with Crippen LogP contribution < -0.4 is 4.74 Å². The van der Waals surface area contributed by atoms with Gasteiger partial charge in [-0.2, -0.15) is 0 Å². The predicted molar refractivity (Wildman–Crippen MR) is 95.9 cm³/mol. The fourth-order valence-corrected chi connectivity index (χ4v) is 3.80. The second-order valence-electron chi connectivity index (χ2n) is 8.00. The van der Waals surface area contributed by atoms with Crippen molar-refractivity contribution in [3.63, 3.8) is 0 Å². The van der Waals surface area contributed by atoms with Crippen LogP contribution in [0, 0.1) is 0 Å². The molecule has 3 fully saturated rings. The number of carbonyl (C=O) groups excluding carboxylic acids is 2. The van der Waals surface area contributed by atoms with Crippen LogP contribution in [0.4, 0.5) is 0 Å². The van der Waals surface area contributed by atoms with Crippen LogP contribution in [0.15, 0.2) is 24.3 Å². The summed E-state index contributed by atoms with van der Waals surface area (Å²) < 4.78 is 39.7. The third kappa shape index (κ3) is 3.76. The molecule has 9 heteroatoms. The van der Waals surface area contributed by atoms with Gasteiger partial charge in [-0.1, -0.05) is 12.1 Å². The van der Waals surface area contributed by atoms with E-state index >= 15 is 0 Å². The number of methoxy groups -OCH3 is 1. The average molecular weight is 408 g/mol. The third-order valence-electron chi connectivity index (χ3n) is 4.89. The maximum Gasteiger partial charge on any atom is 0.343 e. The summed E-state index contributed by atoms with van der Waals surface area (Å²) in [4.78, 5) is 25.0. The van der Waals surface area contributed by atoms with E-state index in [9.17, 15) is 9.59 Å². The Morgan fingerprint density at radius 1 is 0.897 bits per heavy atom. The molecule has 0 N–H and O–H groups in total. The van der Waals surface area contributed by atoms with Gasteiger partial charge in [0.25, 0.3) is 0 Å². The summed E-state index contributed by atoms with van der Waals surface area (Å²) in [7, 11) is 1.25. The van der Waals surface area contributed by atoms with E-state index in [1.807, 2.05) is 0 Å². The fraction of sp³-hybridized carbons (Fsp3) is 0.600. The molecule has 158 valence electrons. The SMILES string of the molecule is COC(=O)c1ccccc1OC(=O)[C@@H]1O[C@H]2OC(C)(C)O[C@@H]2[C@@H]2OC(C)(C)O[C@H]21. The minimum Gasteiger partial charge on any atom is -0.465 e. The Bertz CT molecular complexity index is 818.